The molecule has 0 bridgehead atoms. The predicted octanol–water partition coefficient (Wildman–Crippen LogP) is 3.22. The summed E-state index contributed by atoms with van der Waals surface area (Å²) < 4.78 is 15.5. The van der Waals surface area contributed by atoms with Gasteiger partial charge >= 0.3 is 0 Å². The molecule has 0 radical (unpaired) electrons. The van der Waals surface area contributed by atoms with Gasteiger partial charge in [0.15, 0.2) is 17.3 Å². The summed E-state index contributed by atoms with van der Waals surface area (Å²) in [6.07, 6.45) is 1.46. The average Bonchev–Trinajstić information content (AvgIpc) is 2.98. The Morgan fingerprint density at radius 2 is 2.05 bits per heavy atom. The van der Waals surface area contributed by atoms with Gasteiger partial charge in [-0.1, -0.05) is 11.6 Å². The van der Waals surface area contributed by atoms with Crippen LogP contribution in [0.4, 0.5) is 5.69 Å². The van der Waals surface area contributed by atoms with Gasteiger partial charge in [-0.2, -0.15) is 0 Å². The molecule has 0 fully saturated rings. The first-order chi connectivity index (χ1) is 9.15. The van der Waals surface area contributed by atoms with Crippen molar-refractivity contribution in [2.24, 2.45) is 0 Å². The van der Waals surface area contributed by atoms with Crippen LogP contribution in [0.25, 0.3) is 0 Å². The van der Waals surface area contributed by atoms with Crippen LogP contribution in [-0.4, -0.2) is 12.7 Å². The lowest BCUT2D eigenvalue weighted by Crippen LogP contribution is -2.12. The van der Waals surface area contributed by atoms with Gasteiger partial charge in [-0.25, -0.2) is 0 Å². The van der Waals surface area contributed by atoms with E-state index in [1.807, 2.05) is 0 Å². The molecular weight excluding hydrogens is 270 g/mol. The molecule has 3 rings (SSSR count). The molecular formula is C13H10ClNO4. The molecule has 0 unspecified atom stereocenters. The summed E-state index contributed by atoms with van der Waals surface area (Å²) in [4.78, 5) is 12.0. The van der Waals surface area contributed by atoms with E-state index < -0.39 is 0 Å². The van der Waals surface area contributed by atoms with E-state index >= 15 is 0 Å². The van der Waals surface area contributed by atoms with Crippen molar-refractivity contribution in [2.75, 3.05) is 12.1 Å². The van der Waals surface area contributed by atoms with Crippen LogP contribution in [-0.2, 0) is 0 Å². The standard InChI is InChI=1S/C13H10ClNO4/c1-7-2-3-17-12(7)13(16)15-9-5-11-10(4-8(9)14)18-6-19-11/h2-5H,6H2,1H3,(H,15,16). The maximum absolute atomic E-state index is 12.0. The average molecular weight is 280 g/mol. The fourth-order valence-corrected chi connectivity index (χ4v) is 2.00. The second-order valence-corrected chi connectivity index (χ2v) is 4.48. The van der Waals surface area contributed by atoms with Crippen LogP contribution >= 0.6 is 11.6 Å². The number of anilines is 1. The van der Waals surface area contributed by atoms with Crippen LogP contribution in [0.1, 0.15) is 16.1 Å². The molecule has 2 heterocycles. The Morgan fingerprint density at radius 3 is 2.74 bits per heavy atom. The molecule has 1 aliphatic heterocycles. The molecule has 0 saturated heterocycles. The fourth-order valence-electron chi connectivity index (χ4n) is 1.80. The molecule has 0 spiro atoms. The van der Waals surface area contributed by atoms with E-state index in [1.54, 1.807) is 25.1 Å². The minimum Gasteiger partial charge on any atom is -0.459 e. The van der Waals surface area contributed by atoms with E-state index in [-0.39, 0.29) is 18.5 Å². The maximum Gasteiger partial charge on any atom is 0.291 e. The molecule has 98 valence electrons. The quantitative estimate of drug-likeness (QED) is 0.917. The van der Waals surface area contributed by atoms with E-state index in [2.05, 4.69) is 5.32 Å². The number of furan rings is 1. The van der Waals surface area contributed by atoms with E-state index in [0.717, 1.165) is 5.56 Å². The number of fused-ring (bicyclic) bond motifs is 1. The Balaban J connectivity index is 1.88. The summed E-state index contributed by atoms with van der Waals surface area (Å²) in [6, 6.07) is 4.95. The largest absolute Gasteiger partial charge is 0.459 e. The number of nitrogens with one attached hydrogen (secondary N) is 1. The zero-order valence-electron chi connectivity index (χ0n) is 10.0. The third-order valence-corrected chi connectivity index (χ3v) is 3.09. The number of rotatable bonds is 2. The number of hydrogen-bond acceptors (Lipinski definition) is 4. The Hall–Kier alpha value is -2.14. The highest BCUT2D eigenvalue weighted by atomic mass is 35.5. The predicted molar refractivity (Wildman–Crippen MR) is 69.0 cm³/mol. The van der Waals surface area contributed by atoms with Crippen molar-refractivity contribution >= 4 is 23.2 Å². The summed E-state index contributed by atoms with van der Waals surface area (Å²) in [5.74, 6) is 1.02. The zero-order chi connectivity index (χ0) is 13.4. The van der Waals surface area contributed by atoms with Crippen LogP contribution < -0.4 is 14.8 Å². The summed E-state index contributed by atoms with van der Waals surface area (Å²) in [7, 11) is 0. The number of carbonyl (C=O) groups excluding carboxylic acids is 1. The van der Waals surface area contributed by atoms with Gasteiger partial charge in [0.2, 0.25) is 6.79 Å². The first kappa shape index (κ1) is 11.9. The number of halogens is 1. The van der Waals surface area contributed by atoms with Gasteiger partial charge in [-0.3, -0.25) is 4.79 Å². The van der Waals surface area contributed by atoms with Crippen molar-refractivity contribution in [3.05, 3.63) is 40.8 Å². The number of amides is 1. The van der Waals surface area contributed by atoms with E-state index in [1.165, 1.54) is 6.26 Å². The summed E-state index contributed by atoms with van der Waals surface area (Å²) in [6.45, 7) is 1.94. The van der Waals surface area contributed by atoms with E-state index in [0.29, 0.717) is 22.2 Å². The summed E-state index contributed by atoms with van der Waals surface area (Å²) in [5.41, 5.74) is 1.21. The van der Waals surface area contributed by atoms with Gasteiger partial charge in [0.05, 0.1) is 17.0 Å². The smallest absolute Gasteiger partial charge is 0.291 e. The fraction of sp³-hybridized carbons (Fsp3) is 0.154. The van der Waals surface area contributed by atoms with Gasteiger partial charge in [-0.05, 0) is 13.0 Å². The number of aryl methyl sites for hydroxylation is 1. The van der Waals surface area contributed by atoms with Crippen LogP contribution in [0.3, 0.4) is 0 Å². The number of hydrogen-bond donors (Lipinski definition) is 1. The van der Waals surface area contributed by atoms with Crippen molar-refractivity contribution in [3.8, 4) is 11.5 Å². The molecule has 1 amide bonds. The molecule has 0 aliphatic carbocycles. The molecule has 0 saturated carbocycles. The molecule has 1 aliphatic rings. The summed E-state index contributed by atoms with van der Waals surface area (Å²) >= 11 is 6.07. The van der Waals surface area contributed by atoms with Crippen molar-refractivity contribution in [2.45, 2.75) is 6.92 Å². The highest BCUT2D eigenvalue weighted by molar-refractivity contribution is 6.34. The monoisotopic (exact) mass is 279 g/mol. The Kier molecular flexibility index (Phi) is 2.83. The van der Waals surface area contributed by atoms with Crippen LogP contribution in [0.2, 0.25) is 5.02 Å². The zero-order valence-corrected chi connectivity index (χ0v) is 10.8. The Morgan fingerprint density at radius 1 is 1.32 bits per heavy atom. The Labute approximate surface area is 114 Å². The second kappa shape index (κ2) is 4.51. The maximum atomic E-state index is 12.0. The number of carbonyl (C=O) groups is 1. The van der Waals surface area contributed by atoms with Crippen LogP contribution in [0, 0.1) is 6.92 Å². The number of benzene rings is 1. The second-order valence-electron chi connectivity index (χ2n) is 4.07. The molecule has 1 aromatic carbocycles. The minimum atomic E-state index is -0.358. The molecule has 1 aromatic heterocycles. The van der Waals surface area contributed by atoms with Gasteiger partial charge in [0.1, 0.15) is 0 Å². The molecule has 0 atom stereocenters. The highest BCUT2D eigenvalue weighted by Crippen LogP contribution is 2.39. The van der Waals surface area contributed by atoms with Crippen molar-refractivity contribution in [3.63, 3.8) is 0 Å². The molecule has 6 heteroatoms. The third-order valence-electron chi connectivity index (χ3n) is 2.78. The molecule has 1 N–H and O–H groups in total. The Bertz CT molecular complexity index is 650. The SMILES string of the molecule is Cc1ccoc1C(=O)Nc1cc2c(cc1Cl)OCO2. The van der Waals surface area contributed by atoms with Crippen molar-refractivity contribution in [1.29, 1.82) is 0 Å². The highest BCUT2D eigenvalue weighted by Gasteiger charge is 2.19. The summed E-state index contributed by atoms with van der Waals surface area (Å²) in [5, 5.41) is 3.06. The van der Waals surface area contributed by atoms with E-state index in [9.17, 15) is 4.79 Å². The molecule has 2 aromatic rings. The van der Waals surface area contributed by atoms with Gasteiger partial charge in [0.25, 0.3) is 5.91 Å². The van der Waals surface area contributed by atoms with Gasteiger partial charge in [0, 0.05) is 17.7 Å². The topological polar surface area (TPSA) is 60.7 Å². The first-order valence-electron chi connectivity index (χ1n) is 5.60. The third kappa shape index (κ3) is 2.13. The molecule has 19 heavy (non-hydrogen) atoms. The van der Waals surface area contributed by atoms with Gasteiger partial charge in [-0.15, -0.1) is 0 Å². The van der Waals surface area contributed by atoms with E-state index in [4.69, 9.17) is 25.5 Å². The van der Waals surface area contributed by atoms with Crippen molar-refractivity contribution < 1.29 is 18.7 Å². The van der Waals surface area contributed by atoms with Crippen LogP contribution in [0.5, 0.6) is 11.5 Å². The van der Waals surface area contributed by atoms with Crippen molar-refractivity contribution in [1.82, 2.24) is 0 Å². The number of ether oxygens (including phenoxy) is 2. The lowest BCUT2D eigenvalue weighted by molar-refractivity contribution is 0.0996. The van der Waals surface area contributed by atoms with Gasteiger partial charge < -0.3 is 19.2 Å². The first-order valence-corrected chi connectivity index (χ1v) is 5.97. The normalized spacial score (nSPS) is 12.5. The molecule has 5 nitrogen and oxygen atoms in total. The lowest BCUT2D eigenvalue weighted by Gasteiger charge is -2.07. The van der Waals surface area contributed by atoms with Crippen LogP contribution in [0.15, 0.2) is 28.9 Å². The minimum absolute atomic E-state index is 0.153. The lowest BCUT2D eigenvalue weighted by atomic mass is 10.2.